The van der Waals surface area contributed by atoms with Crippen LogP contribution in [-0.2, 0) is 19.4 Å². The van der Waals surface area contributed by atoms with Crippen molar-refractivity contribution in [2.45, 2.75) is 49.4 Å². The molecule has 106 valence electrons. The molecule has 2 heterocycles. The monoisotopic (exact) mass is 287 g/mol. The fourth-order valence-corrected chi connectivity index (χ4v) is 4.18. The summed E-state index contributed by atoms with van der Waals surface area (Å²) >= 11 is 1.93. The first kappa shape index (κ1) is 13.7. The normalized spacial score (nSPS) is 19.1. The van der Waals surface area contributed by atoms with Gasteiger partial charge in [0.15, 0.2) is 0 Å². The lowest BCUT2D eigenvalue weighted by Gasteiger charge is -2.18. The van der Waals surface area contributed by atoms with Crippen molar-refractivity contribution in [3.05, 3.63) is 47.3 Å². The van der Waals surface area contributed by atoms with Crippen molar-refractivity contribution in [2.24, 2.45) is 5.73 Å². The van der Waals surface area contributed by atoms with E-state index in [2.05, 4.69) is 47.0 Å². The Hall–Kier alpha value is -1.26. The van der Waals surface area contributed by atoms with Crippen molar-refractivity contribution < 1.29 is 0 Å². The number of nitrogens with two attached hydrogens (primary N) is 1. The SMILES string of the molecule is CCn1nc(C)cc1CC(N)C1Cc2ccccc2S1. The lowest BCUT2D eigenvalue weighted by atomic mass is 10.0. The molecule has 0 saturated carbocycles. The van der Waals surface area contributed by atoms with Crippen LogP contribution in [0.4, 0.5) is 0 Å². The molecule has 1 aromatic carbocycles. The summed E-state index contributed by atoms with van der Waals surface area (Å²) in [7, 11) is 0. The van der Waals surface area contributed by atoms with Gasteiger partial charge >= 0.3 is 0 Å². The quantitative estimate of drug-likeness (QED) is 0.940. The topological polar surface area (TPSA) is 43.8 Å². The van der Waals surface area contributed by atoms with E-state index in [-0.39, 0.29) is 6.04 Å². The number of aromatic nitrogens is 2. The minimum atomic E-state index is 0.175. The van der Waals surface area contributed by atoms with Gasteiger partial charge in [-0.05, 0) is 38.0 Å². The van der Waals surface area contributed by atoms with Gasteiger partial charge in [0, 0.05) is 34.8 Å². The molecule has 0 bridgehead atoms. The molecule has 1 aromatic heterocycles. The molecule has 2 N–H and O–H groups in total. The summed E-state index contributed by atoms with van der Waals surface area (Å²) in [5.74, 6) is 0. The largest absolute Gasteiger partial charge is 0.326 e. The third-order valence-corrected chi connectivity index (χ3v) is 5.35. The molecule has 2 unspecified atom stereocenters. The van der Waals surface area contributed by atoms with Gasteiger partial charge in [-0.25, -0.2) is 0 Å². The number of fused-ring (bicyclic) bond motifs is 1. The zero-order chi connectivity index (χ0) is 14.1. The minimum Gasteiger partial charge on any atom is -0.326 e. The number of thioether (sulfide) groups is 1. The second-order valence-corrected chi connectivity index (χ2v) is 6.71. The van der Waals surface area contributed by atoms with Crippen LogP contribution in [0.5, 0.6) is 0 Å². The molecule has 20 heavy (non-hydrogen) atoms. The Kier molecular flexibility index (Phi) is 3.85. The lowest BCUT2D eigenvalue weighted by molar-refractivity contribution is 0.564. The smallest absolute Gasteiger partial charge is 0.0596 e. The van der Waals surface area contributed by atoms with Crippen LogP contribution < -0.4 is 5.73 Å². The van der Waals surface area contributed by atoms with Gasteiger partial charge < -0.3 is 5.73 Å². The van der Waals surface area contributed by atoms with Crippen LogP contribution in [0, 0.1) is 6.92 Å². The van der Waals surface area contributed by atoms with Crippen LogP contribution in [0.3, 0.4) is 0 Å². The third-order valence-electron chi connectivity index (χ3n) is 3.88. The second kappa shape index (κ2) is 5.62. The predicted octanol–water partition coefficient (Wildman–Crippen LogP) is 2.80. The van der Waals surface area contributed by atoms with E-state index in [1.54, 1.807) is 0 Å². The number of hydrogen-bond donors (Lipinski definition) is 1. The van der Waals surface area contributed by atoms with Crippen LogP contribution in [0.15, 0.2) is 35.2 Å². The maximum Gasteiger partial charge on any atom is 0.0596 e. The van der Waals surface area contributed by atoms with Crippen LogP contribution in [0.25, 0.3) is 0 Å². The molecule has 0 fully saturated rings. The Morgan fingerprint density at radius 3 is 3.00 bits per heavy atom. The predicted molar refractivity (Wildman–Crippen MR) is 84.1 cm³/mol. The van der Waals surface area contributed by atoms with Gasteiger partial charge in [0.1, 0.15) is 0 Å². The average molecular weight is 287 g/mol. The molecule has 4 heteroatoms. The molecule has 0 radical (unpaired) electrons. The fraction of sp³-hybridized carbons (Fsp3) is 0.438. The van der Waals surface area contributed by atoms with E-state index in [1.165, 1.54) is 16.2 Å². The van der Waals surface area contributed by atoms with E-state index >= 15 is 0 Å². The maximum absolute atomic E-state index is 6.46. The first-order valence-electron chi connectivity index (χ1n) is 7.21. The Morgan fingerprint density at radius 2 is 2.25 bits per heavy atom. The molecular formula is C16H21N3S. The van der Waals surface area contributed by atoms with Crippen molar-refractivity contribution in [1.82, 2.24) is 9.78 Å². The first-order valence-corrected chi connectivity index (χ1v) is 8.08. The second-order valence-electron chi connectivity index (χ2n) is 5.43. The summed E-state index contributed by atoms with van der Waals surface area (Å²) < 4.78 is 2.07. The zero-order valence-corrected chi connectivity index (χ0v) is 12.9. The van der Waals surface area contributed by atoms with E-state index in [0.29, 0.717) is 5.25 Å². The van der Waals surface area contributed by atoms with Gasteiger partial charge in [0.25, 0.3) is 0 Å². The van der Waals surface area contributed by atoms with E-state index in [9.17, 15) is 0 Å². The molecule has 3 nitrogen and oxygen atoms in total. The van der Waals surface area contributed by atoms with E-state index in [4.69, 9.17) is 5.73 Å². The average Bonchev–Trinajstić information content (AvgIpc) is 3.01. The highest BCUT2D eigenvalue weighted by Crippen LogP contribution is 2.38. The van der Waals surface area contributed by atoms with E-state index in [1.807, 2.05) is 18.7 Å². The molecule has 0 spiro atoms. The Bertz CT molecular complexity index is 581. The summed E-state index contributed by atoms with van der Waals surface area (Å²) in [6.07, 6.45) is 1.99. The summed E-state index contributed by atoms with van der Waals surface area (Å²) in [5.41, 5.74) is 10.2. The Labute approximate surface area is 124 Å². The van der Waals surface area contributed by atoms with Gasteiger partial charge in [-0.1, -0.05) is 18.2 Å². The Balaban J connectivity index is 1.70. The van der Waals surface area contributed by atoms with Crippen LogP contribution in [-0.4, -0.2) is 21.1 Å². The zero-order valence-electron chi connectivity index (χ0n) is 12.0. The van der Waals surface area contributed by atoms with Crippen LogP contribution in [0.1, 0.15) is 23.9 Å². The number of benzene rings is 1. The number of aryl methyl sites for hydroxylation is 2. The molecule has 0 saturated heterocycles. The number of nitrogens with zero attached hydrogens (tertiary/aromatic N) is 2. The molecule has 0 amide bonds. The van der Waals surface area contributed by atoms with Gasteiger partial charge in [0.05, 0.1) is 5.69 Å². The van der Waals surface area contributed by atoms with Crippen LogP contribution in [0.2, 0.25) is 0 Å². The lowest BCUT2D eigenvalue weighted by Crippen LogP contribution is -2.35. The van der Waals surface area contributed by atoms with Crippen molar-refractivity contribution >= 4 is 11.8 Å². The Morgan fingerprint density at radius 1 is 1.45 bits per heavy atom. The molecule has 3 rings (SSSR count). The fourth-order valence-electron chi connectivity index (χ4n) is 2.86. The molecule has 1 aliphatic heterocycles. The highest BCUT2D eigenvalue weighted by Gasteiger charge is 2.27. The van der Waals surface area contributed by atoms with Crippen molar-refractivity contribution in [2.75, 3.05) is 0 Å². The maximum atomic E-state index is 6.46. The van der Waals surface area contributed by atoms with Crippen molar-refractivity contribution in [3.8, 4) is 0 Å². The summed E-state index contributed by atoms with van der Waals surface area (Å²) in [6, 6.07) is 11.0. The standard InChI is InChI=1S/C16H21N3S/c1-3-19-13(8-11(2)18-19)10-14(17)16-9-12-6-4-5-7-15(12)20-16/h4-8,14,16H,3,9-10,17H2,1-2H3. The van der Waals surface area contributed by atoms with Gasteiger partial charge in [-0.2, -0.15) is 5.10 Å². The van der Waals surface area contributed by atoms with Crippen LogP contribution >= 0.6 is 11.8 Å². The molecule has 0 aliphatic carbocycles. The first-order chi connectivity index (χ1) is 9.67. The summed E-state index contributed by atoms with van der Waals surface area (Å²) in [5, 5.41) is 4.98. The molecular weight excluding hydrogens is 266 g/mol. The highest BCUT2D eigenvalue weighted by atomic mass is 32.2. The van der Waals surface area contributed by atoms with Gasteiger partial charge in [-0.3, -0.25) is 4.68 Å². The minimum absolute atomic E-state index is 0.175. The van der Waals surface area contributed by atoms with Gasteiger partial charge in [-0.15, -0.1) is 11.8 Å². The summed E-state index contributed by atoms with van der Waals surface area (Å²) in [6.45, 7) is 5.08. The number of hydrogen-bond acceptors (Lipinski definition) is 3. The third kappa shape index (κ3) is 2.63. The molecule has 1 aliphatic rings. The summed E-state index contributed by atoms with van der Waals surface area (Å²) in [4.78, 5) is 1.40. The number of rotatable bonds is 4. The van der Waals surface area contributed by atoms with Crippen molar-refractivity contribution in [3.63, 3.8) is 0 Å². The van der Waals surface area contributed by atoms with Crippen molar-refractivity contribution in [1.29, 1.82) is 0 Å². The highest BCUT2D eigenvalue weighted by molar-refractivity contribution is 8.00. The molecule has 2 aromatic rings. The van der Waals surface area contributed by atoms with Gasteiger partial charge in [0.2, 0.25) is 0 Å². The van der Waals surface area contributed by atoms with E-state index in [0.717, 1.165) is 25.1 Å². The van der Waals surface area contributed by atoms with E-state index < -0.39 is 0 Å². The molecule has 2 atom stereocenters.